The second kappa shape index (κ2) is 6.77. The number of ether oxygens (including phenoxy) is 1. The Hall–Kier alpha value is -2.52. The van der Waals surface area contributed by atoms with E-state index in [9.17, 15) is 4.79 Å². The second-order valence-electron chi connectivity index (χ2n) is 4.21. The number of amides is 1. The van der Waals surface area contributed by atoms with Gasteiger partial charge in [-0.1, -0.05) is 22.0 Å². The van der Waals surface area contributed by atoms with E-state index in [1.165, 1.54) is 0 Å². The molecule has 0 aliphatic carbocycles. The number of nitrogens with two attached hydrogens (primary N) is 1. The molecule has 2 rings (SSSR count). The number of nitrogen functional groups attached to an aromatic ring is 1. The van der Waals surface area contributed by atoms with Crippen LogP contribution in [-0.2, 0) is 4.79 Å². The second-order valence-corrected chi connectivity index (χ2v) is 5.13. The molecule has 0 unspecified atom stereocenters. The van der Waals surface area contributed by atoms with E-state index in [1.54, 1.807) is 42.5 Å². The average Bonchev–Trinajstić information content (AvgIpc) is 2.45. The summed E-state index contributed by atoms with van der Waals surface area (Å²) in [6, 6.07) is 13.9. The molecular formula is C15H12BrN3O2. The summed E-state index contributed by atoms with van der Waals surface area (Å²) < 4.78 is 6.11. The van der Waals surface area contributed by atoms with Crippen molar-refractivity contribution in [1.82, 2.24) is 0 Å². The van der Waals surface area contributed by atoms with Crippen LogP contribution in [0.1, 0.15) is 5.56 Å². The number of halogens is 1. The van der Waals surface area contributed by atoms with Crippen molar-refractivity contribution in [2.45, 2.75) is 0 Å². The molecule has 2 aromatic carbocycles. The fourth-order valence-corrected chi connectivity index (χ4v) is 2.02. The van der Waals surface area contributed by atoms with Crippen LogP contribution < -0.4 is 15.8 Å². The molecule has 0 saturated carbocycles. The Morgan fingerprint density at radius 1 is 1.33 bits per heavy atom. The molecule has 0 saturated heterocycles. The molecule has 0 aliphatic rings. The summed E-state index contributed by atoms with van der Waals surface area (Å²) in [4.78, 5) is 11.9. The monoisotopic (exact) mass is 345 g/mol. The van der Waals surface area contributed by atoms with Crippen molar-refractivity contribution in [3.05, 3.63) is 52.5 Å². The van der Waals surface area contributed by atoms with Gasteiger partial charge in [-0.05, 0) is 30.3 Å². The Kier molecular flexibility index (Phi) is 4.80. The van der Waals surface area contributed by atoms with Crippen molar-refractivity contribution in [2.24, 2.45) is 0 Å². The van der Waals surface area contributed by atoms with E-state index >= 15 is 0 Å². The quantitative estimate of drug-likeness (QED) is 0.833. The fraction of sp³-hybridized carbons (Fsp3) is 0.0667. The smallest absolute Gasteiger partial charge is 0.262 e. The van der Waals surface area contributed by atoms with Crippen molar-refractivity contribution in [2.75, 3.05) is 17.7 Å². The Labute approximate surface area is 130 Å². The predicted octanol–water partition coefficient (Wildman–Crippen LogP) is 2.92. The molecule has 2 aromatic rings. The highest BCUT2D eigenvalue weighted by Crippen LogP contribution is 2.21. The fourth-order valence-electron chi connectivity index (χ4n) is 1.66. The van der Waals surface area contributed by atoms with Gasteiger partial charge in [0, 0.05) is 16.2 Å². The third kappa shape index (κ3) is 4.23. The van der Waals surface area contributed by atoms with Gasteiger partial charge in [-0.25, -0.2) is 0 Å². The molecule has 6 heteroatoms. The number of rotatable bonds is 4. The molecule has 5 nitrogen and oxygen atoms in total. The van der Waals surface area contributed by atoms with Gasteiger partial charge < -0.3 is 15.8 Å². The Bertz CT molecular complexity index is 710. The SMILES string of the molecule is N#Cc1ccc(Br)cc1NC(=O)COc1cccc(N)c1. The number of nitrogens with zero attached hydrogens (tertiary/aromatic N) is 1. The van der Waals surface area contributed by atoms with Crippen molar-refractivity contribution >= 4 is 33.2 Å². The van der Waals surface area contributed by atoms with E-state index in [-0.39, 0.29) is 12.5 Å². The maximum absolute atomic E-state index is 11.9. The first kappa shape index (κ1) is 14.9. The van der Waals surface area contributed by atoms with Crippen LogP contribution in [0.25, 0.3) is 0 Å². The summed E-state index contributed by atoms with van der Waals surface area (Å²) >= 11 is 3.29. The van der Waals surface area contributed by atoms with Crippen LogP contribution in [0.3, 0.4) is 0 Å². The van der Waals surface area contributed by atoms with Crippen LogP contribution >= 0.6 is 15.9 Å². The maximum atomic E-state index is 11.9. The van der Waals surface area contributed by atoms with Gasteiger partial charge >= 0.3 is 0 Å². The molecular weight excluding hydrogens is 334 g/mol. The lowest BCUT2D eigenvalue weighted by molar-refractivity contribution is -0.118. The highest BCUT2D eigenvalue weighted by atomic mass is 79.9. The van der Waals surface area contributed by atoms with Crippen LogP contribution in [0, 0.1) is 11.3 Å². The zero-order valence-electron chi connectivity index (χ0n) is 11.0. The van der Waals surface area contributed by atoms with E-state index < -0.39 is 0 Å². The molecule has 0 bridgehead atoms. The van der Waals surface area contributed by atoms with Crippen LogP contribution in [0.4, 0.5) is 11.4 Å². The average molecular weight is 346 g/mol. The molecule has 0 aromatic heterocycles. The molecule has 3 N–H and O–H groups in total. The van der Waals surface area contributed by atoms with E-state index in [4.69, 9.17) is 15.7 Å². The Balaban J connectivity index is 1.99. The van der Waals surface area contributed by atoms with Crippen LogP contribution in [0.2, 0.25) is 0 Å². The standard InChI is InChI=1S/C15H12BrN3O2/c16-11-5-4-10(8-17)14(6-11)19-15(20)9-21-13-3-1-2-12(18)7-13/h1-7H,9,18H2,(H,19,20). The molecule has 0 atom stereocenters. The Morgan fingerprint density at radius 3 is 2.86 bits per heavy atom. The zero-order chi connectivity index (χ0) is 15.2. The van der Waals surface area contributed by atoms with Gasteiger partial charge in [0.25, 0.3) is 5.91 Å². The van der Waals surface area contributed by atoms with E-state index in [2.05, 4.69) is 21.2 Å². The number of anilines is 2. The molecule has 0 spiro atoms. The summed E-state index contributed by atoms with van der Waals surface area (Å²) in [6.07, 6.45) is 0. The molecule has 0 aliphatic heterocycles. The van der Waals surface area contributed by atoms with Crippen LogP contribution in [0.15, 0.2) is 46.9 Å². The first-order valence-corrected chi connectivity index (χ1v) is 6.85. The minimum atomic E-state index is -0.355. The van der Waals surface area contributed by atoms with E-state index in [1.807, 2.05) is 6.07 Å². The van der Waals surface area contributed by atoms with Gasteiger partial charge in [0.1, 0.15) is 11.8 Å². The van der Waals surface area contributed by atoms with E-state index in [0.29, 0.717) is 22.7 Å². The number of benzene rings is 2. The number of carbonyl (C=O) groups is 1. The molecule has 106 valence electrons. The van der Waals surface area contributed by atoms with Crippen molar-refractivity contribution in [1.29, 1.82) is 5.26 Å². The Morgan fingerprint density at radius 2 is 2.14 bits per heavy atom. The summed E-state index contributed by atoms with van der Waals surface area (Å²) in [6.45, 7) is -0.166. The number of hydrogen-bond donors (Lipinski definition) is 2. The van der Waals surface area contributed by atoms with Gasteiger partial charge in [-0.2, -0.15) is 5.26 Å². The normalized spacial score (nSPS) is 9.71. The van der Waals surface area contributed by atoms with Crippen molar-refractivity contribution in [3.8, 4) is 11.8 Å². The van der Waals surface area contributed by atoms with Gasteiger partial charge in [0.2, 0.25) is 0 Å². The lowest BCUT2D eigenvalue weighted by Crippen LogP contribution is -2.20. The minimum absolute atomic E-state index is 0.166. The van der Waals surface area contributed by atoms with Crippen molar-refractivity contribution in [3.63, 3.8) is 0 Å². The summed E-state index contributed by atoms with van der Waals surface area (Å²) in [5.41, 5.74) is 7.01. The first-order valence-electron chi connectivity index (χ1n) is 6.06. The molecule has 0 heterocycles. The predicted molar refractivity (Wildman–Crippen MR) is 83.8 cm³/mol. The number of nitriles is 1. The lowest BCUT2D eigenvalue weighted by atomic mass is 10.2. The highest BCUT2D eigenvalue weighted by molar-refractivity contribution is 9.10. The van der Waals surface area contributed by atoms with Crippen molar-refractivity contribution < 1.29 is 9.53 Å². The largest absolute Gasteiger partial charge is 0.484 e. The zero-order valence-corrected chi connectivity index (χ0v) is 12.6. The van der Waals surface area contributed by atoms with E-state index in [0.717, 1.165) is 4.47 Å². The topological polar surface area (TPSA) is 88.1 Å². The number of carbonyl (C=O) groups excluding carboxylic acids is 1. The number of nitrogens with one attached hydrogen (secondary N) is 1. The highest BCUT2D eigenvalue weighted by Gasteiger charge is 2.08. The summed E-state index contributed by atoms with van der Waals surface area (Å²) in [5.74, 6) is 0.159. The summed E-state index contributed by atoms with van der Waals surface area (Å²) in [7, 11) is 0. The third-order valence-corrected chi connectivity index (χ3v) is 3.10. The van der Waals surface area contributed by atoms with Gasteiger partial charge in [-0.3, -0.25) is 4.79 Å². The maximum Gasteiger partial charge on any atom is 0.262 e. The first-order chi connectivity index (χ1) is 10.1. The molecule has 0 fully saturated rings. The molecule has 1 amide bonds. The van der Waals surface area contributed by atoms with Crippen LogP contribution in [-0.4, -0.2) is 12.5 Å². The molecule has 21 heavy (non-hydrogen) atoms. The van der Waals surface area contributed by atoms with Gasteiger partial charge in [0.15, 0.2) is 6.61 Å². The minimum Gasteiger partial charge on any atom is -0.484 e. The van der Waals surface area contributed by atoms with Gasteiger partial charge in [0.05, 0.1) is 11.3 Å². The van der Waals surface area contributed by atoms with Gasteiger partial charge in [-0.15, -0.1) is 0 Å². The summed E-state index contributed by atoms with van der Waals surface area (Å²) in [5, 5.41) is 11.6. The van der Waals surface area contributed by atoms with Crippen LogP contribution in [0.5, 0.6) is 5.75 Å². The molecule has 0 radical (unpaired) electrons. The third-order valence-electron chi connectivity index (χ3n) is 2.60. The number of hydrogen-bond acceptors (Lipinski definition) is 4. The lowest BCUT2D eigenvalue weighted by Gasteiger charge is -2.09.